The number of carboxylic acids is 1. The lowest BCUT2D eigenvalue weighted by Crippen LogP contribution is -2.12. The summed E-state index contributed by atoms with van der Waals surface area (Å²) < 4.78 is 14.5. The van der Waals surface area contributed by atoms with Gasteiger partial charge >= 0.3 is 11.9 Å². The van der Waals surface area contributed by atoms with Crippen LogP contribution in [0.15, 0.2) is 6.07 Å². The Balaban J connectivity index is 3.52. The number of ether oxygens (including phenoxy) is 3. The third kappa shape index (κ3) is 3.08. The molecule has 0 unspecified atom stereocenters. The lowest BCUT2D eigenvalue weighted by Gasteiger charge is -2.15. The van der Waals surface area contributed by atoms with Crippen LogP contribution in [0.3, 0.4) is 0 Å². The zero-order valence-corrected chi connectivity index (χ0v) is 11.4. The number of halogens is 1. The van der Waals surface area contributed by atoms with Gasteiger partial charge in [0.25, 0.3) is 0 Å². The minimum absolute atomic E-state index is 0.0473. The largest absolute Gasteiger partial charge is 0.496 e. The predicted molar refractivity (Wildman–Crippen MR) is 67.2 cm³/mol. The van der Waals surface area contributed by atoms with Crippen LogP contribution in [-0.2, 0) is 16.0 Å². The molecule has 0 bridgehead atoms. The van der Waals surface area contributed by atoms with Gasteiger partial charge in [-0.25, -0.2) is 4.79 Å². The molecule has 0 fully saturated rings. The maximum atomic E-state index is 11.4. The first kappa shape index (κ1) is 15.1. The molecule has 0 radical (unpaired) electrons. The fourth-order valence-electron chi connectivity index (χ4n) is 1.59. The molecule has 7 heteroatoms. The summed E-state index contributed by atoms with van der Waals surface area (Å²) >= 11 is 6.04. The van der Waals surface area contributed by atoms with Crippen LogP contribution in [0.25, 0.3) is 0 Å². The number of hydrogen-bond acceptors (Lipinski definition) is 5. The highest BCUT2D eigenvalue weighted by atomic mass is 35.5. The van der Waals surface area contributed by atoms with E-state index in [1.54, 1.807) is 0 Å². The fraction of sp³-hybridized carbons (Fsp3) is 0.333. The summed E-state index contributed by atoms with van der Waals surface area (Å²) in [5, 5.41) is 9.27. The van der Waals surface area contributed by atoms with E-state index in [0.717, 1.165) is 0 Å². The Kier molecular flexibility index (Phi) is 5.00. The molecule has 0 atom stereocenters. The average Bonchev–Trinajstić information content (AvgIpc) is 2.39. The summed E-state index contributed by atoms with van der Waals surface area (Å²) in [5.41, 5.74) is -0.0871. The molecule has 104 valence electrons. The van der Waals surface area contributed by atoms with Crippen LogP contribution in [0, 0.1) is 0 Å². The molecule has 19 heavy (non-hydrogen) atoms. The van der Waals surface area contributed by atoms with E-state index in [1.807, 2.05) is 0 Å². The van der Waals surface area contributed by atoms with E-state index in [1.165, 1.54) is 27.4 Å². The van der Waals surface area contributed by atoms with Gasteiger partial charge in [0.15, 0.2) is 0 Å². The molecule has 0 aliphatic heterocycles. The topological polar surface area (TPSA) is 82.1 Å². The van der Waals surface area contributed by atoms with Crippen molar-refractivity contribution in [3.8, 4) is 11.5 Å². The van der Waals surface area contributed by atoms with E-state index in [2.05, 4.69) is 4.74 Å². The quantitative estimate of drug-likeness (QED) is 0.832. The molecule has 0 spiro atoms. The number of methoxy groups -OCH3 is 3. The van der Waals surface area contributed by atoms with Crippen LogP contribution in [0.1, 0.15) is 15.9 Å². The molecule has 1 aromatic rings. The summed E-state index contributed by atoms with van der Waals surface area (Å²) in [6, 6.07) is 1.35. The van der Waals surface area contributed by atoms with Crippen molar-refractivity contribution in [2.45, 2.75) is 6.42 Å². The van der Waals surface area contributed by atoms with Crippen LogP contribution in [0.5, 0.6) is 11.5 Å². The normalized spacial score (nSPS) is 9.89. The summed E-state index contributed by atoms with van der Waals surface area (Å²) in [6.45, 7) is 0. The Hall–Kier alpha value is -1.95. The second-order valence-corrected chi connectivity index (χ2v) is 3.88. The van der Waals surface area contributed by atoms with Gasteiger partial charge < -0.3 is 19.3 Å². The van der Waals surface area contributed by atoms with Crippen molar-refractivity contribution in [3.05, 3.63) is 22.2 Å². The number of esters is 1. The standard InChI is InChI=1S/C12H13ClO6/c1-17-7-5-8(18-2)11(13)6(4-9(14)19-3)10(7)12(15)16/h5H,4H2,1-3H3,(H,15,16). The van der Waals surface area contributed by atoms with Crippen LogP contribution in [0.2, 0.25) is 5.02 Å². The first-order chi connectivity index (χ1) is 8.96. The van der Waals surface area contributed by atoms with E-state index in [0.29, 0.717) is 0 Å². The Morgan fingerprint density at radius 2 is 1.79 bits per heavy atom. The van der Waals surface area contributed by atoms with E-state index < -0.39 is 11.9 Å². The van der Waals surface area contributed by atoms with Crippen molar-refractivity contribution in [3.63, 3.8) is 0 Å². The molecule has 0 aliphatic rings. The highest BCUT2D eigenvalue weighted by molar-refractivity contribution is 6.33. The van der Waals surface area contributed by atoms with Gasteiger partial charge in [-0.2, -0.15) is 0 Å². The number of carboxylic acid groups (broad SMARTS) is 1. The molecular weight excluding hydrogens is 276 g/mol. The van der Waals surface area contributed by atoms with Crippen LogP contribution < -0.4 is 9.47 Å². The molecule has 0 amide bonds. The van der Waals surface area contributed by atoms with Crippen LogP contribution >= 0.6 is 11.6 Å². The van der Waals surface area contributed by atoms with E-state index in [-0.39, 0.29) is 34.1 Å². The first-order valence-corrected chi connectivity index (χ1v) is 5.57. The maximum absolute atomic E-state index is 11.4. The average molecular weight is 289 g/mol. The summed E-state index contributed by atoms with van der Waals surface area (Å²) in [4.78, 5) is 22.6. The third-order valence-corrected chi connectivity index (χ3v) is 2.91. The number of carbonyl (C=O) groups is 2. The van der Waals surface area contributed by atoms with Crippen molar-refractivity contribution < 1.29 is 28.9 Å². The van der Waals surface area contributed by atoms with Crippen molar-refractivity contribution in [2.24, 2.45) is 0 Å². The molecule has 1 rings (SSSR count). The molecular formula is C12H13ClO6. The van der Waals surface area contributed by atoms with Gasteiger partial charge in [0.2, 0.25) is 0 Å². The smallest absolute Gasteiger partial charge is 0.339 e. The molecule has 0 aromatic heterocycles. The van der Waals surface area contributed by atoms with Gasteiger partial charge in [0.1, 0.15) is 17.1 Å². The second-order valence-electron chi connectivity index (χ2n) is 3.51. The second kappa shape index (κ2) is 6.29. The molecule has 0 saturated carbocycles. The van der Waals surface area contributed by atoms with Crippen LogP contribution in [-0.4, -0.2) is 38.4 Å². The Morgan fingerprint density at radius 3 is 2.21 bits per heavy atom. The third-order valence-electron chi connectivity index (χ3n) is 2.49. The highest BCUT2D eigenvalue weighted by Crippen LogP contribution is 2.37. The molecule has 1 N–H and O–H groups in total. The molecule has 0 heterocycles. The van der Waals surface area contributed by atoms with Crippen molar-refractivity contribution >= 4 is 23.5 Å². The zero-order valence-electron chi connectivity index (χ0n) is 10.7. The molecule has 0 aliphatic carbocycles. The van der Waals surface area contributed by atoms with Crippen molar-refractivity contribution in [2.75, 3.05) is 21.3 Å². The summed E-state index contributed by atoms with van der Waals surface area (Å²) in [7, 11) is 3.90. The molecule has 0 saturated heterocycles. The minimum atomic E-state index is -1.25. The molecule has 1 aromatic carbocycles. The summed E-state index contributed by atoms with van der Waals surface area (Å²) in [5.74, 6) is -1.57. The summed E-state index contributed by atoms with van der Waals surface area (Å²) in [6.07, 6.45) is -0.287. The number of carbonyl (C=O) groups excluding carboxylic acids is 1. The Morgan fingerprint density at radius 1 is 1.21 bits per heavy atom. The van der Waals surface area contributed by atoms with E-state index in [9.17, 15) is 14.7 Å². The number of rotatable bonds is 5. The Bertz CT molecular complexity index is 511. The number of aromatic carboxylic acids is 1. The number of benzene rings is 1. The van der Waals surface area contributed by atoms with Gasteiger partial charge in [-0.05, 0) is 0 Å². The van der Waals surface area contributed by atoms with Gasteiger partial charge in [0, 0.05) is 11.6 Å². The van der Waals surface area contributed by atoms with Gasteiger partial charge in [-0.15, -0.1) is 0 Å². The van der Waals surface area contributed by atoms with Crippen molar-refractivity contribution in [1.82, 2.24) is 0 Å². The predicted octanol–water partition coefficient (Wildman–Crippen LogP) is 1.77. The monoisotopic (exact) mass is 288 g/mol. The molecule has 6 nitrogen and oxygen atoms in total. The van der Waals surface area contributed by atoms with Crippen LogP contribution in [0.4, 0.5) is 0 Å². The SMILES string of the molecule is COC(=O)Cc1c(Cl)c(OC)cc(OC)c1C(=O)O. The lowest BCUT2D eigenvalue weighted by atomic mass is 10.0. The lowest BCUT2D eigenvalue weighted by molar-refractivity contribution is -0.139. The first-order valence-electron chi connectivity index (χ1n) is 5.19. The van der Waals surface area contributed by atoms with E-state index >= 15 is 0 Å². The zero-order chi connectivity index (χ0) is 14.6. The fourth-order valence-corrected chi connectivity index (χ4v) is 1.88. The van der Waals surface area contributed by atoms with Crippen molar-refractivity contribution in [1.29, 1.82) is 0 Å². The van der Waals surface area contributed by atoms with Gasteiger partial charge in [-0.3, -0.25) is 4.79 Å². The minimum Gasteiger partial charge on any atom is -0.496 e. The number of hydrogen-bond donors (Lipinski definition) is 1. The van der Waals surface area contributed by atoms with E-state index in [4.69, 9.17) is 21.1 Å². The maximum Gasteiger partial charge on any atom is 0.339 e. The van der Waals surface area contributed by atoms with Gasteiger partial charge in [-0.1, -0.05) is 11.6 Å². The van der Waals surface area contributed by atoms with Gasteiger partial charge in [0.05, 0.1) is 32.8 Å². The Labute approximate surface area is 114 Å². The highest BCUT2D eigenvalue weighted by Gasteiger charge is 2.25.